The molecule has 0 heterocycles. The van der Waals surface area contributed by atoms with Crippen molar-refractivity contribution >= 4 is 67.1 Å². The number of methoxy groups -OCH3 is 1. The Morgan fingerprint density at radius 3 is 2.46 bits per heavy atom. The third-order valence-corrected chi connectivity index (χ3v) is 6.99. The summed E-state index contributed by atoms with van der Waals surface area (Å²) in [7, 11) is -3.12. The number of amides is 1. The fourth-order valence-electron chi connectivity index (χ4n) is 3.64. The van der Waals surface area contributed by atoms with Gasteiger partial charge in [0.15, 0.2) is 5.75 Å². The number of fused-ring (bicyclic) bond motifs is 1. The molecule has 0 spiro atoms. The van der Waals surface area contributed by atoms with E-state index in [0.717, 1.165) is 6.07 Å². The first kappa shape index (κ1) is 26.4. The minimum atomic E-state index is -4.57. The summed E-state index contributed by atoms with van der Waals surface area (Å²) >= 11 is 12.1. The van der Waals surface area contributed by atoms with Crippen molar-refractivity contribution in [1.29, 1.82) is 0 Å². The second-order valence-electron chi connectivity index (χ2n) is 7.87. The van der Waals surface area contributed by atoms with Crippen LogP contribution in [0.5, 0.6) is 11.5 Å². The van der Waals surface area contributed by atoms with Gasteiger partial charge in [-0.3, -0.25) is 9.35 Å². The molecule has 0 radical (unpaired) electrons. The molecule has 1 amide bonds. The first-order valence-electron chi connectivity index (χ1n) is 10.6. The molecule has 0 aromatic heterocycles. The Kier molecular flexibility index (Phi) is 7.37. The molecular formula is C25H19Cl2N3O6S. The number of carbonyl (C=O) groups excluding carboxylic acids is 1. The highest BCUT2D eigenvalue weighted by molar-refractivity contribution is 7.85. The Bertz CT molecular complexity index is 1690. The van der Waals surface area contributed by atoms with Crippen LogP contribution in [0.2, 0.25) is 10.0 Å². The maximum Gasteiger partial charge on any atom is 0.294 e. The molecule has 0 saturated carbocycles. The maximum atomic E-state index is 13.1. The number of azo groups is 1. The number of ether oxygens (including phenoxy) is 1. The third-order valence-electron chi connectivity index (χ3n) is 5.48. The number of halogens is 2. The highest BCUT2D eigenvalue weighted by Gasteiger charge is 2.20. The van der Waals surface area contributed by atoms with Gasteiger partial charge in [-0.1, -0.05) is 47.5 Å². The average molecular weight is 560 g/mol. The predicted molar refractivity (Wildman–Crippen MR) is 142 cm³/mol. The largest absolute Gasteiger partial charge is 0.505 e. The number of phenols is 1. The molecule has 4 aromatic carbocycles. The first-order valence-corrected chi connectivity index (χ1v) is 12.8. The van der Waals surface area contributed by atoms with Gasteiger partial charge < -0.3 is 15.2 Å². The van der Waals surface area contributed by atoms with E-state index in [1.165, 1.54) is 32.2 Å². The number of benzene rings is 4. The summed E-state index contributed by atoms with van der Waals surface area (Å²) in [6.07, 6.45) is 0. The summed E-state index contributed by atoms with van der Waals surface area (Å²) in [5.41, 5.74) is 0.429. The quantitative estimate of drug-likeness (QED) is 0.170. The molecule has 0 unspecified atom stereocenters. The van der Waals surface area contributed by atoms with E-state index >= 15 is 0 Å². The van der Waals surface area contributed by atoms with Crippen LogP contribution in [0.3, 0.4) is 0 Å². The number of nitrogens with zero attached hydrogens (tertiary/aromatic N) is 2. The van der Waals surface area contributed by atoms with Gasteiger partial charge in [0, 0.05) is 22.2 Å². The summed E-state index contributed by atoms with van der Waals surface area (Å²) < 4.78 is 38.1. The molecule has 0 aliphatic rings. The fourth-order valence-corrected chi connectivity index (χ4v) is 4.88. The Labute approximate surface area is 222 Å². The van der Waals surface area contributed by atoms with Crippen molar-refractivity contribution in [2.75, 3.05) is 12.4 Å². The van der Waals surface area contributed by atoms with Crippen molar-refractivity contribution < 1.29 is 27.6 Å². The topological polar surface area (TPSA) is 138 Å². The molecule has 0 aliphatic carbocycles. The first-order chi connectivity index (χ1) is 17.5. The van der Waals surface area contributed by atoms with Crippen LogP contribution < -0.4 is 10.1 Å². The van der Waals surface area contributed by atoms with Crippen LogP contribution in [-0.2, 0) is 10.1 Å². The van der Waals surface area contributed by atoms with E-state index in [2.05, 4.69) is 15.5 Å². The minimum Gasteiger partial charge on any atom is -0.505 e. The summed E-state index contributed by atoms with van der Waals surface area (Å²) in [6.45, 7) is 1.43. The van der Waals surface area contributed by atoms with E-state index in [9.17, 15) is 22.9 Å². The van der Waals surface area contributed by atoms with E-state index < -0.39 is 26.7 Å². The summed E-state index contributed by atoms with van der Waals surface area (Å²) in [4.78, 5) is 12.7. The van der Waals surface area contributed by atoms with Gasteiger partial charge in [-0.05, 0) is 48.2 Å². The van der Waals surface area contributed by atoms with Crippen LogP contribution in [0.1, 0.15) is 15.9 Å². The number of rotatable bonds is 6. The van der Waals surface area contributed by atoms with Crippen LogP contribution in [-0.4, -0.2) is 31.1 Å². The molecule has 37 heavy (non-hydrogen) atoms. The molecule has 0 fully saturated rings. The zero-order chi connectivity index (χ0) is 26.9. The Hall–Kier alpha value is -3.70. The zero-order valence-electron chi connectivity index (χ0n) is 19.4. The third kappa shape index (κ3) is 5.52. The highest BCUT2D eigenvalue weighted by atomic mass is 35.5. The van der Waals surface area contributed by atoms with Crippen LogP contribution in [0.4, 0.5) is 17.1 Å². The van der Waals surface area contributed by atoms with Gasteiger partial charge in [-0.15, -0.1) is 5.11 Å². The molecule has 4 rings (SSSR count). The van der Waals surface area contributed by atoms with Gasteiger partial charge in [0.1, 0.15) is 16.3 Å². The van der Waals surface area contributed by atoms with Crippen molar-refractivity contribution in [3.05, 3.63) is 81.8 Å². The normalized spacial score (nSPS) is 11.7. The second-order valence-corrected chi connectivity index (χ2v) is 10.1. The monoisotopic (exact) mass is 559 g/mol. The Balaban J connectivity index is 1.81. The van der Waals surface area contributed by atoms with Crippen molar-refractivity contribution in [2.45, 2.75) is 11.8 Å². The lowest BCUT2D eigenvalue weighted by Gasteiger charge is -2.12. The molecule has 9 nitrogen and oxygen atoms in total. The van der Waals surface area contributed by atoms with E-state index in [0.29, 0.717) is 27.2 Å². The number of nitrogens with one attached hydrogen (secondary N) is 1. The van der Waals surface area contributed by atoms with E-state index in [4.69, 9.17) is 27.9 Å². The maximum absolute atomic E-state index is 13.1. The van der Waals surface area contributed by atoms with Crippen molar-refractivity contribution in [3.63, 3.8) is 0 Å². The zero-order valence-corrected chi connectivity index (χ0v) is 21.7. The average Bonchev–Trinajstić information content (AvgIpc) is 2.85. The second kappa shape index (κ2) is 10.3. The van der Waals surface area contributed by atoms with Gasteiger partial charge >= 0.3 is 0 Å². The van der Waals surface area contributed by atoms with Crippen LogP contribution in [0.15, 0.2) is 75.8 Å². The van der Waals surface area contributed by atoms with Gasteiger partial charge in [0.2, 0.25) is 0 Å². The van der Waals surface area contributed by atoms with Crippen LogP contribution in [0, 0.1) is 6.92 Å². The fraction of sp³-hybridized carbons (Fsp3) is 0.0800. The Morgan fingerprint density at radius 2 is 1.76 bits per heavy atom. The van der Waals surface area contributed by atoms with Crippen molar-refractivity contribution in [1.82, 2.24) is 0 Å². The molecular weight excluding hydrogens is 541 g/mol. The van der Waals surface area contributed by atoms with Crippen molar-refractivity contribution in [2.24, 2.45) is 10.2 Å². The standard InChI is InChI=1S/C25H19Cl2N3O6S/c1-13-20(10-15(26)11-22(13)37(33,34)35)29-30-23-17-6-4-3-5-14(17)9-18(24(23)31)25(32)28-16-7-8-19(27)21(12-16)36-2/h3-12,31H,1-2H3,(H,28,32)(H,33,34,35). The Morgan fingerprint density at radius 1 is 1.03 bits per heavy atom. The molecule has 0 atom stereocenters. The number of anilines is 1. The number of aromatic hydroxyl groups is 1. The van der Waals surface area contributed by atoms with Gasteiger partial charge in [-0.25, -0.2) is 0 Å². The molecule has 12 heteroatoms. The van der Waals surface area contributed by atoms with Gasteiger partial charge in [0.25, 0.3) is 16.0 Å². The molecule has 4 aromatic rings. The molecule has 0 bridgehead atoms. The summed E-state index contributed by atoms with van der Waals surface area (Å²) in [5.74, 6) is -0.718. The van der Waals surface area contributed by atoms with Crippen LogP contribution in [0.25, 0.3) is 10.8 Å². The van der Waals surface area contributed by atoms with Gasteiger partial charge in [-0.2, -0.15) is 13.5 Å². The molecule has 0 aliphatic heterocycles. The van der Waals surface area contributed by atoms with Gasteiger partial charge in [0.05, 0.1) is 23.4 Å². The van der Waals surface area contributed by atoms with E-state index in [-0.39, 0.29) is 27.5 Å². The van der Waals surface area contributed by atoms with Crippen molar-refractivity contribution in [3.8, 4) is 11.5 Å². The molecule has 190 valence electrons. The number of carbonyl (C=O) groups is 1. The smallest absolute Gasteiger partial charge is 0.294 e. The lowest BCUT2D eigenvalue weighted by Crippen LogP contribution is -2.12. The number of hydrogen-bond donors (Lipinski definition) is 3. The minimum absolute atomic E-state index is 0.00720. The molecule has 0 saturated heterocycles. The number of hydrogen-bond acceptors (Lipinski definition) is 7. The van der Waals surface area contributed by atoms with E-state index in [1.807, 2.05) is 0 Å². The lowest BCUT2D eigenvalue weighted by atomic mass is 10.0. The number of phenolic OH excluding ortho intramolecular Hbond substituents is 1. The van der Waals surface area contributed by atoms with Crippen LogP contribution >= 0.6 is 23.2 Å². The summed E-state index contributed by atoms with van der Waals surface area (Å²) in [5, 5.41) is 23.4. The predicted octanol–water partition coefficient (Wildman–Crippen LogP) is 7.08. The molecule has 3 N–H and O–H groups in total. The SMILES string of the molecule is COc1cc(NC(=O)c2cc3ccccc3c(N=Nc3cc(Cl)cc(S(=O)(=O)O)c3C)c2O)ccc1Cl. The highest BCUT2D eigenvalue weighted by Crippen LogP contribution is 2.40. The summed E-state index contributed by atoms with van der Waals surface area (Å²) in [6, 6.07) is 15.5. The lowest BCUT2D eigenvalue weighted by molar-refractivity contribution is 0.102. The van der Waals surface area contributed by atoms with E-state index in [1.54, 1.807) is 36.4 Å².